The first kappa shape index (κ1) is 17.2. The lowest BCUT2D eigenvalue weighted by Crippen LogP contribution is -2.46. The number of nitrogens with one attached hydrogen (secondary N) is 1. The summed E-state index contributed by atoms with van der Waals surface area (Å²) in [6.45, 7) is 9.16. The first-order chi connectivity index (χ1) is 9.64. The Labute approximate surface area is 125 Å². The Hall–Kier alpha value is -1.82. The number of hydrogen-bond acceptors (Lipinski definition) is 4. The molecule has 1 aromatic rings. The van der Waals surface area contributed by atoms with Crippen molar-refractivity contribution in [3.05, 3.63) is 23.2 Å². The van der Waals surface area contributed by atoms with Gasteiger partial charge in [0.15, 0.2) is 0 Å². The predicted molar refractivity (Wildman–Crippen MR) is 79.1 cm³/mol. The fourth-order valence-corrected chi connectivity index (χ4v) is 2.06. The lowest BCUT2D eigenvalue weighted by atomic mass is 10.1. The molecule has 118 valence electrons. The highest BCUT2D eigenvalue weighted by molar-refractivity contribution is 5.97. The molecule has 0 aromatic carbocycles. The summed E-state index contributed by atoms with van der Waals surface area (Å²) in [5.41, 5.74) is -0.528. The number of aryl methyl sites for hydroxylation is 2. The van der Waals surface area contributed by atoms with Crippen LogP contribution >= 0.6 is 0 Å². The van der Waals surface area contributed by atoms with Crippen LogP contribution < -0.4 is 5.32 Å². The molecular weight excluding hydrogens is 272 g/mol. The lowest BCUT2D eigenvalue weighted by Gasteiger charge is -2.28. The Morgan fingerprint density at radius 1 is 1.38 bits per heavy atom. The number of carbonyl (C=O) groups is 2. The van der Waals surface area contributed by atoms with E-state index < -0.39 is 5.60 Å². The highest BCUT2D eigenvalue weighted by atomic mass is 16.3. The van der Waals surface area contributed by atoms with Gasteiger partial charge in [-0.1, -0.05) is 0 Å². The predicted octanol–water partition coefficient (Wildman–Crippen LogP) is 1.25. The Morgan fingerprint density at radius 2 is 2.00 bits per heavy atom. The van der Waals surface area contributed by atoms with Crippen LogP contribution in [0.2, 0.25) is 0 Å². The van der Waals surface area contributed by atoms with Crippen LogP contribution in [0, 0.1) is 13.8 Å². The van der Waals surface area contributed by atoms with Gasteiger partial charge in [0.05, 0.1) is 17.7 Å². The van der Waals surface area contributed by atoms with Gasteiger partial charge in [-0.05, 0) is 40.7 Å². The molecule has 21 heavy (non-hydrogen) atoms. The maximum atomic E-state index is 12.1. The molecule has 0 unspecified atom stereocenters. The minimum absolute atomic E-state index is 0.105. The van der Waals surface area contributed by atoms with Gasteiger partial charge < -0.3 is 19.7 Å². The van der Waals surface area contributed by atoms with Crippen LogP contribution in [0.15, 0.2) is 10.5 Å². The number of nitrogens with zero attached hydrogens (tertiary/aromatic N) is 1. The largest absolute Gasteiger partial charge is 0.466 e. The van der Waals surface area contributed by atoms with Gasteiger partial charge in [-0.3, -0.25) is 9.59 Å². The zero-order chi connectivity index (χ0) is 16.2. The Kier molecular flexibility index (Phi) is 5.54. The molecule has 0 saturated carbocycles. The maximum Gasteiger partial charge on any atom is 0.255 e. The van der Waals surface area contributed by atoms with Crippen LogP contribution in [0.25, 0.3) is 0 Å². The quantitative estimate of drug-likeness (QED) is 0.827. The molecule has 1 heterocycles. The molecule has 6 heteroatoms. The van der Waals surface area contributed by atoms with Crippen LogP contribution in [-0.2, 0) is 4.79 Å². The smallest absolute Gasteiger partial charge is 0.255 e. The third kappa shape index (κ3) is 5.23. The number of furan rings is 1. The lowest BCUT2D eigenvalue weighted by molar-refractivity contribution is -0.132. The molecule has 1 aromatic heterocycles. The third-order valence-electron chi connectivity index (χ3n) is 3.00. The molecule has 0 atom stereocenters. The summed E-state index contributed by atoms with van der Waals surface area (Å²) in [6.07, 6.45) is 0. The van der Waals surface area contributed by atoms with Crippen LogP contribution in [0.4, 0.5) is 0 Å². The Morgan fingerprint density at radius 3 is 2.43 bits per heavy atom. The van der Waals surface area contributed by atoms with Crippen molar-refractivity contribution in [3.8, 4) is 0 Å². The van der Waals surface area contributed by atoms with E-state index >= 15 is 0 Å². The standard InChI is InChI=1S/C15H24N2O4/c1-6-17(9-15(4,5)20)13(18)8-16-14(19)12-7-10(2)21-11(12)3/h7,20H,6,8-9H2,1-5H3,(H,16,19). The zero-order valence-corrected chi connectivity index (χ0v) is 13.3. The van der Waals surface area contributed by atoms with Gasteiger partial charge in [0, 0.05) is 13.1 Å². The number of rotatable bonds is 6. The van der Waals surface area contributed by atoms with E-state index in [2.05, 4.69) is 5.32 Å². The summed E-state index contributed by atoms with van der Waals surface area (Å²) in [6, 6.07) is 1.64. The summed E-state index contributed by atoms with van der Waals surface area (Å²) in [4.78, 5) is 25.6. The minimum atomic E-state index is -0.964. The van der Waals surface area contributed by atoms with Gasteiger partial charge in [-0.15, -0.1) is 0 Å². The van der Waals surface area contributed by atoms with Gasteiger partial charge in [0.2, 0.25) is 5.91 Å². The molecule has 0 aliphatic rings. The number of likely N-dealkylation sites (N-methyl/N-ethyl adjacent to an activating group) is 1. The van der Waals surface area contributed by atoms with Gasteiger partial charge in [0.25, 0.3) is 5.91 Å². The van der Waals surface area contributed by atoms with E-state index in [1.165, 1.54) is 4.90 Å². The van der Waals surface area contributed by atoms with Crippen molar-refractivity contribution in [2.45, 2.75) is 40.2 Å². The molecule has 0 aliphatic carbocycles. The molecule has 0 fully saturated rings. The highest BCUT2D eigenvalue weighted by Crippen LogP contribution is 2.13. The average molecular weight is 296 g/mol. The number of hydrogen-bond donors (Lipinski definition) is 2. The van der Waals surface area contributed by atoms with E-state index in [9.17, 15) is 14.7 Å². The van der Waals surface area contributed by atoms with Crippen molar-refractivity contribution < 1.29 is 19.1 Å². The fourth-order valence-electron chi connectivity index (χ4n) is 2.06. The van der Waals surface area contributed by atoms with Gasteiger partial charge in [0.1, 0.15) is 11.5 Å². The summed E-state index contributed by atoms with van der Waals surface area (Å²) in [5, 5.41) is 12.4. The summed E-state index contributed by atoms with van der Waals surface area (Å²) >= 11 is 0. The van der Waals surface area contributed by atoms with Crippen molar-refractivity contribution in [2.24, 2.45) is 0 Å². The molecule has 6 nitrogen and oxygen atoms in total. The fraction of sp³-hybridized carbons (Fsp3) is 0.600. The molecule has 0 bridgehead atoms. The van der Waals surface area contributed by atoms with E-state index in [-0.39, 0.29) is 24.9 Å². The first-order valence-corrected chi connectivity index (χ1v) is 6.99. The Bertz CT molecular complexity index is 514. The second-order valence-corrected chi connectivity index (χ2v) is 5.73. The average Bonchev–Trinajstić information content (AvgIpc) is 2.70. The number of aliphatic hydroxyl groups is 1. The van der Waals surface area contributed by atoms with Gasteiger partial charge in [-0.2, -0.15) is 0 Å². The van der Waals surface area contributed by atoms with E-state index in [0.29, 0.717) is 23.6 Å². The summed E-state index contributed by atoms with van der Waals surface area (Å²) in [5.74, 6) is 0.616. The number of amides is 2. The molecular formula is C15H24N2O4. The van der Waals surface area contributed by atoms with Crippen LogP contribution in [0.1, 0.15) is 42.6 Å². The normalized spacial score (nSPS) is 11.3. The van der Waals surface area contributed by atoms with E-state index in [4.69, 9.17) is 4.42 Å². The molecule has 2 N–H and O–H groups in total. The molecule has 0 saturated heterocycles. The molecule has 0 radical (unpaired) electrons. The second-order valence-electron chi connectivity index (χ2n) is 5.73. The third-order valence-corrected chi connectivity index (χ3v) is 3.00. The van der Waals surface area contributed by atoms with Crippen LogP contribution in [-0.4, -0.2) is 47.1 Å². The molecule has 1 rings (SSSR count). The molecule has 0 spiro atoms. The van der Waals surface area contributed by atoms with Crippen molar-refractivity contribution >= 4 is 11.8 Å². The topological polar surface area (TPSA) is 82.8 Å². The van der Waals surface area contributed by atoms with Gasteiger partial charge >= 0.3 is 0 Å². The van der Waals surface area contributed by atoms with E-state index in [0.717, 1.165) is 0 Å². The SMILES string of the molecule is CCN(CC(C)(C)O)C(=O)CNC(=O)c1cc(C)oc1C. The highest BCUT2D eigenvalue weighted by Gasteiger charge is 2.22. The van der Waals surface area contributed by atoms with Crippen molar-refractivity contribution in [2.75, 3.05) is 19.6 Å². The molecule has 0 aliphatic heterocycles. The summed E-state index contributed by atoms with van der Waals surface area (Å²) < 4.78 is 5.29. The number of carbonyl (C=O) groups excluding carboxylic acids is 2. The Balaban J connectivity index is 2.59. The zero-order valence-electron chi connectivity index (χ0n) is 13.3. The monoisotopic (exact) mass is 296 g/mol. The van der Waals surface area contributed by atoms with Crippen molar-refractivity contribution in [1.82, 2.24) is 10.2 Å². The minimum Gasteiger partial charge on any atom is -0.466 e. The van der Waals surface area contributed by atoms with E-state index in [1.807, 2.05) is 6.92 Å². The van der Waals surface area contributed by atoms with Crippen LogP contribution in [0.5, 0.6) is 0 Å². The van der Waals surface area contributed by atoms with Gasteiger partial charge in [-0.25, -0.2) is 0 Å². The summed E-state index contributed by atoms with van der Waals surface area (Å²) in [7, 11) is 0. The van der Waals surface area contributed by atoms with Crippen LogP contribution in [0.3, 0.4) is 0 Å². The second kappa shape index (κ2) is 6.76. The first-order valence-electron chi connectivity index (χ1n) is 6.99. The van der Waals surface area contributed by atoms with Crippen molar-refractivity contribution in [1.29, 1.82) is 0 Å². The maximum absolute atomic E-state index is 12.1. The van der Waals surface area contributed by atoms with Crippen molar-refractivity contribution in [3.63, 3.8) is 0 Å². The molecule has 2 amide bonds. The van der Waals surface area contributed by atoms with E-state index in [1.54, 1.807) is 33.8 Å².